The third-order valence-corrected chi connectivity index (χ3v) is 3.41. The molecule has 1 aromatic heterocycles. The number of nitrogens with zero attached hydrogens (tertiary/aromatic N) is 2. The largest absolute Gasteiger partial charge is 0.403 e. The first kappa shape index (κ1) is 13.1. The Labute approximate surface area is 122 Å². The van der Waals surface area contributed by atoms with E-state index >= 15 is 0 Å². The molecule has 0 radical (unpaired) electrons. The van der Waals surface area contributed by atoms with Crippen LogP contribution in [-0.2, 0) is 0 Å². The second-order valence-electron chi connectivity index (χ2n) is 4.73. The molecule has 1 heterocycles. The van der Waals surface area contributed by atoms with Crippen molar-refractivity contribution in [3.8, 4) is 0 Å². The summed E-state index contributed by atoms with van der Waals surface area (Å²) in [6.45, 7) is 1.81. The molecule has 0 fully saturated rings. The predicted molar refractivity (Wildman–Crippen MR) is 84.7 cm³/mol. The normalized spacial score (nSPS) is 11.8. The second kappa shape index (κ2) is 5.25. The van der Waals surface area contributed by atoms with Crippen LogP contribution < -0.4 is 11.3 Å². The molecule has 21 heavy (non-hydrogen) atoms. The van der Waals surface area contributed by atoms with Crippen molar-refractivity contribution in [3.63, 3.8) is 0 Å². The predicted octanol–water partition coefficient (Wildman–Crippen LogP) is 2.51. The van der Waals surface area contributed by atoms with Gasteiger partial charge in [-0.2, -0.15) is 0 Å². The Morgan fingerprint density at radius 2 is 1.76 bits per heavy atom. The average molecular weight is 277 g/mol. The van der Waals surface area contributed by atoms with Gasteiger partial charge in [-0.05, 0) is 19.1 Å². The SMILES string of the molecule is Cc1nc2ccccc2c(=O)n1/C(=C\N)c1ccccc1. The van der Waals surface area contributed by atoms with Crippen molar-refractivity contribution in [1.82, 2.24) is 9.55 Å². The van der Waals surface area contributed by atoms with Crippen LogP contribution in [0.4, 0.5) is 0 Å². The molecule has 4 heteroatoms. The first-order chi connectivity index (χ1) is 10.2. The van der Waals surface area contributed by atoms with Crippen molar-refractivity contribution < 1.29 is 0 Å². The van der Waals surface area contributed by atoms with Crippen LogP contribution in [0.15, 0.2) is 65.6 Å². The van der Waals surface area contributed by atoms with E-state index in [9.17, 15) is 4.79 Å². The molecule has 4 nitrogen and oxygen atoms in total. The Morgan fingerprint density at radius 3 is 2.48 bits per heavy atom. The Balaban J connectivity index is 2.32. The summed E-state index contributed by atoms with van der Waals surface area (Å²) in [5.74, 6) is 0.610. The first-order valence-corrected chi connectivity index (χ1v) is 6.68. The summed E-state index contributed by atoms with van der Waals surface area (Å²) in [6.07, 6.45) is 1.44. The van der Waals surface area contributed by atoms with Gasteiger partial charge >= 0.3 is 0 Å². The van der Waals surface area contributed by atoms with Gasteiger partial charge in [0.2, 0.25) is 0 Å². The molecule has 0 spiro atoms. The van der Waals surface area contributed by atoms with Gasteiger partial charge < -0.3 is 5.73 Å². The molecule has 0 bridgehead atoms. The monoisotopic (exact) mass is 277 g/mol. The maximum Gasteiger partial charge on any atom is 0.266 e. The zero-order valence-electron chi connectivity index (χ0n) is 11.7. The molecule has 3 rings (SSSR count). The molecule has 0 saturated carbocycles. The number of hydrogen-bond donors (Lipinski definition) is 1. The summed E-state index contributed by atoms with van der Waals surface area (Å²) in [4.78, 5) is 17.2. The molecule has 0 unspecified atom stereocenters. The number of benzene rings is 2. The maximum absolute atomic E-state index is 12.7. The van der Waals surface area contributed by atoms with Crippen LogP contribution in [0.3, 0.4) is 0 Å². The fourth-order valence-electron chi connectivity index (χ4n) is 2.44. The highest BCUT2D eigenvalue weighted by atomic mass is 16.1. The number of nitrogens with two attached hydrogens (primary N) is 1. The van der Waals surface area contributed by atoms with E-state index in [1.165, 1.54) is 6.20 Å². The molecule has 2 aromatic carbocycles. The van der Waals surface area contributed by atoms with Gasteiger partial charge in [0.1, 0.15) is 5.82 Å². The third kappa shape index (κ3) is 2.21. The second-order valence-corrected chi connectivity index (χ2v) is 4.73. The quantitative estimate of drug-likeness (QED) is 0.783. The molecule has 0 aliphatic heterocycles. The molecular formula is C17H15N3O. The number of aromatic nitrogens is 2. The molecule has 0 aliphatic carbocycles. The fraction of sp³-hybridized carbons (Fsp3) is 0.0588. The molecule has 2 N–H and O–H groups in total. The van der Waals surface area contributed by atoms with E-state index in [0.29, 0.717) is 22.4 Å². The van der Waals surface area contributed by atoms with Gasteiger partial charge in [-0.3, -0.25) is 9.36 Å². The molecular weight excluding hydrogens is 262 g/mol. The van der Waals surface area contributed by atoms with Gasteiger partial charge in [0.05, 0.1) is 16.6 Å². The molecule has 104 valence electrons. The van der Waals surface area contributed by atoms with E-state index in [2.05, 4.69) is 4.98 Å². The number of hydrogen-bond acceptors (Lipinski definition) is 3. The Morgan fingerprint density at radius 1 is 1.10 bits per heavy atom. The Bertz CT molecular complexity index is 879. The van der Waals surface area contributed by atoms with Gasteiger partial charge in [0.25, 0.3) is 5.56 Å². The standard InChI is InChI=1S/C17H15N3O/c1-12-19-15-10-6-5-9-14(15)17(21)20(12)16(11-18)13-7-3-2-4-8-13/h2-11H,18H2,1H3/b16-11-. The highest BCUT2D eigenvalue weighted by Gasteiger charge is 2.12. The number of fused-ring (bicyclic) bond motifs is 1. The smallest absolute Gasteiger partial charge is 0.266 e. The average Bonchev–Trinajstić information content (AvgIpc) is 2.52. The summed E-state index contributed by atoms with van der Waals surface area (Å²) in [6, 6.07) is 16.9. The van der Waals surface area contributed by atoms with E-state index in [1.807, 2.05) is 48.5 Å². The number of aryl methyl sites for hydroxylation is 1. The summed E-state index contributed by atoms with van der Waals surface area (Å²) >= 11 is 0. The van der Waals surface area contributed by atoms with Crippen LogP contribution in [0.1, 0.15) is 11.4 Å². The van der Waals surface area contributed by atoms with E-state index in [4.69, 9.17) is 5.73 Å². The van der Waals surface area contributed by atoms with Crippen LogP contribution in [0.2, 0.25) is 0 Å². The topological polar surface area (TPSA) is 60.9 Å². The van der Waals surface area contributed by atoms with Crippen LogP contribution >= 0.6 is 0 Å². The lowest BCUT2D eigenvalue weighted by Crippen LogP contribution is -2.24. The van der Waals surface area contributed by atoms with Crippen molar-refractivity contribution >= 4 is 16.6 Å². The van der Waals surface area contributed by atoms with Gasteiger partial charge in [-0.25, -0.2) is 4.98 Å². The summed E-state index contributed by atoms with van der Waals surface area (Å²) in [5, 5.41) is 0.582. The van der Waals surface area contributed by atoms with E-state index < -0.39 is 0 Å². The summed E-state index contributed by atoms with van der Waals surface area (Å²) in [7, 11) is 0. The lowest BCUT2D eigenvalue weighted by atomic mass is 10.1. The van der Waals surface area contributed by atoms with Crippen molar-refractivity contribution in [2.75, 3.05) is 0 Å². The highest BCUT2D eigenvalue weighted by Crippen LogP contribution is 2.17. The Kier molecular flexibility index (Phi) is 3.28. The molecule has 0 atom stereocenters. The molecule has 0 aliphatic rings. The van der Waals surface area contributed by atoms with Gasteiger partial charge in [-0.1, -0.05) is 42.5 Å². The lowest BCUT2D eigenvalue weighted by Gasteiger charge is -2.14. The van der Waals surface area contributed by atoms with Crippen LogP contribution in [-0.4, -0.2) is 9.55 Å². The molecule has 0 saturated heterocycles. The van der Waals surface area contributed by atoms with Crippen LogP contribution in [0, 0.1) is 6.92 Å². The minimum Gasteiger partial charge on any atom is -0.403 e. The molecule has 3 aromatic rings. The summed E-state index contributed by atoms with van der Waals surface area (Å²) in [5.41, 5.74) is 7.86. The highest BCUT2D eigenvalue weighted by molar-refractivity contribution is 5.79. The first-order valence-electron chi connectivity index (χ1n) is 6.68. The van der Waals surface area contributed by atoms with Gasteiger partial charge in [0, 0.05) is 11.8 Å². The van der Waals surface area contributed by atoms with E-state index in [0.717, 1.165) is 5.56 Å². The minimum atomic E-state index is -0.112. The van der Waals surface area contributed by atoms with E-state index in [1.54, 1.807) is 17.6 Å². The lowest BCUT2D eigenvalue weighted by molar-refractivity contribution is 0.913. The number of rotatable bonds is 2. The number of para-hydroxylation sites is 1. The van der Waals surface area contributed by atoms with Crippen molar-refractivity contribution in [2.45, 2.75) is 6.92 Å². The van der Waals surface area contributed by atoms with Crippen LogP contribution in [0.5, 0.6) is 0 Å². The molecule has 0 amide bonds. The maximum atomic E-state index is 12.7. The van der Waals surface area contributed by atoms with Gasteiger partial charge in [-0.15, -0.1) is 0 Å². The van der Waals surface area contributed by atoms with Crippen LogP contribution in [0.25, 0.3) is 16.6 Å². The minimum absolute atomic E-state index is 0.112. The Hall–Kier alpha value is -2.88. The zero-order chi connectivity index (χ0) is 14.8. The fourth-order valence-corrected chi connectivity index (χ4v) is 2.44. The zero-order valence-corrected chi connectivity index (χ0v) is 11.7. The van der Waals surface area contributed by atoms with E-state index in [-0.39, 0.29) is 5.56 Å². The van der Waals surface area contributed by atoms with Crippen molar-refractivity contribution in [2.24, 2.45) is 5.73 Å². The summed E-state index contributed by atoms with van der Waals surface area (Å²) < 4.78 is 1.55. The van der Waals surface area contributed by atoms with Crippen molar-refractivity contribution in [1.29, 1.82) is 0 Å². The third-order valence-electron chi connectivity index (χ3n) is 3.41. The van der Waals surface area contributed by atoms with Gasteiger partial charge in [0.15, 0.2) is 0 Å². The van der Waals surface area contributed by atoms with Crippen molar-refractivity contribution in [3.05, 3.63) is 82.5 Å².